The van der Waals surface area contributed by atoms with E-state index in [9.17, 15) is 14.0 Å². The van der Waals surface area contributed by atoms with Crippen LogP contribution in [0.2, 0.25) is 0 Å². The van der Waals surface area contributed by atoms with E-state index in [0.29, 0.717) is 36.2 Å². The first-order chi connectivity index (χ1) is 13.6. The van der Waals surface area contributed by atoms with Gasteiger partial charge in [0.2, 0.25) is 0 Å². The summed E-state index contributed by atoms with van der Waals surface area (Å²) in [6.45, 7) is 0.656. The number of carbonyl (C=O) groups is 2. The molecule has 2 N–H and O–H groups in total. The summed E-state index contributed by atoms with van der Waals surface area (Å²) in [7, 11) is 0. The summed E-state index contributed by atoms with van der Waals surface area (Å²) >= 11 is 0. The summed E-state index contributed by atoms with van der Waals surface area (Å²) < 4.78 is 13.6. The van der Waals surface area contributed by atoms with E-state index < -0.39 is 0 Å². The molecule has 0 atom stereocenters. The monoisotopic (exact) mass is 377 g/mol. The fourth-order valence-electron chi connectivity index (χ4n) is 2.70. The number of aromatic nitrogens is 1. The van der Waals surface area contributed by atoms with E-state index >= 15 is 0 Å². The van der Waals surface area contributed by atoms with E-state index in [4.69, 9.17) is 0 Å². The predicted molar refractivity (Wildman–Crippen MR) is 104 cm³/mol. The molecule has 2 aromatic carbocycles. The molecule has 0 aliphatic heterocycles. The largest absolute Gasteiger partial charge is 0.352 e. The number of rotatable bonds is 7. The van der Waals surface area contributed by atoms with Crippen LogP contribution in [0.15, 0.2) is 73.1 Å². The molecule has 6 heteroatoms. The Labute approximate surface area is 162 Å². The molecule has 1 aromatic heterocycles. The molecule has 0 aliphatic rings. The molecule has 142 valence electrons. The van der Waals surface area contributed by atoms with Crippen molar-refractivity contribution in [1.29, 1.82) is 0 Å². The second kappa shape index (κ2) is 9.41. The van der Waals surface area contributed by atoms with Crippen LogP contribution in [0.3, 0.4) is 0 Å². The maximum absolute atomic E-state index is 13.6. The molecule has 0 saturated carbocycles. The first kappa shape index (κ1) is 19.2. The first-order valence-electron chi connectivity index (χ1n) is 8.92. The second-order valence-corrected chi connectivity index (χ2v) is 6.22. The number of halogens is 1. The van der Waals surface area contributed by atoms with Crippen LogP contribution in [0, 0.1) is 5.82 Å². The lowest BCUT2D eigenvalue weighted by Crippen LogP contribution is -2.27. The summed E-state index contributed by atoms with van der Waals surface area (Å²) in [5, 5.41) is 5.55. The van der Waals surface area contributed by atoms with Crippen LogP contribution in [0.4, 0.5) is 4.39 Å². The van der Waals surface area contributed by atoms with Crippen LogP contribution < -0.4 is 10.6 Å². The Kier molecular flexibility index (Phi) is 6.46. The van der Waals surface area contributed by atoms with Gasteiger partial charge in [0.1, 0.15) is 5.82 Å². The van der Waals surface area contributed by atoms with Gasteiger partial charge in [-0.3, -0.25) is 14.6 Å². The Bertz CT molecular complexity index is 961. The Morgan fingerprint density at radius 2 is 1.64 bits per heavy atom. The number of amides is 2. The van der Waals surface area contributed by atoms with E-state index in [-0.39, 0.29) is 17.6 Å². The predicted octanol–water partition coefficient (Wildman–Crippen LogP) is 3.12. The smallest absolute Gasteiger partial charge is 0.251 e. The van der Waals surface area contributed by atoms with Crippen molar-refractivity contribution in [1.82, 2.24) is 15.6 Å². The lowest BCUT2D eigenvalue weighted by atomic mass is 10.1. The van der Waals surface area contributed by atoms with Crippen molar-refractivity contribution in [2.45, 2.75) is 13.0 Å². The Morgan fingerprint density at radius 1 is 0.893 bits per heavy atom. The lowest BCUT2D eigenvalue weighted by molar-refractivity contribution is 0.0950. The molecule has 0 saturated heterocycles. The molecular formula is C22H20FN3O2. The van der Waals surface area contributed by atoms with Gasteiger partial charge < -0.3 is 10.6 Å². The maximum Gasteiger partial charge on any atom is 0.251 e. The molecule has 3 aromatic rings. The number of benzene rings is 2. The number of hydrogen-bond donors (Lipinski definition) is 2. The molecule has 2 amide bonds. The fourth-order valence-corrected chi connectivity index (χ4v) is 2.70. The van der Waals surface area contributed by atoms with Gasteiger partial charge in [-0.05, 0) is 47.9 Å². The Balaban J connectivity index is 1.55. The molecule has 3 rings (SSSR count). The van der Waals surface area contributed by atoms with Crippen molar-refractivity contribution in [3.8, 4) is 0 Å². The fraction of sp³-hybridized carbons (Fsp3) is 0.136. The molecule has 0 unspecified atom stereocenters. The van der Waals surface area contributed by atoms with Gasteiger partial charge in [-0.15, -0.1) is 0 Å². The van der Waals surface area contributed by atoms with E-state index in [1.807, 2.05) is 6.07 Å². The number of carbonyl (C=O) groups excluding carboxylic acids is 2. The van der Waals surface area contributed by atoms with Crippen LogP contribution in [0.25, 0.3) is 0 Å². The van der Waals surface area contributed by atoms with Crippen molar-refractivity contribution in [2.75, 3.05) is 6.54 Å². The first-order valence-corrected chi connectivity index (χ1v) is 8.92. The van der Waals surface area contributed by atoms with E-state index in [0.717, 1.165) is 5.56 Å². The molecular weight excluding hydrogens is 357 g/mol. The van der Waals surface area contributed by atoms with Gasteiger partial charge in [-0.25, -0.2) is 4.39 Å². The van der Waals surface area contributed by atoms with Crippen molar-refractivity contribution in [2.24, 2.45) is 0 Å². The van der Waals surface area contributed by atoms with Crippen molar-refractivity contribution in [3.63, 3.8) is 0 Å². The highest BCUT2D eigenvalue weighted by Crippen LogP contribution is 2.08. The molecule has 0 radical (unpaired) electrons. The second-order valence-electron chi connectivity index (χ2n) is 6.22. The van der Waals surface area contributed by atoms with Gasteiger partial charge in [0, 0.05) is 36.6 Å². The number of pyridine rings is 1. The van der Waals surface area contributed by atoms with Gasteiger partial charge in [0.25, 0.3) is 11.8 Å². The summed E-state index contributed by atoms with van der Waals surface area (Å²) in [4.78, 5) is 28.7. The maximum atomic E-state index is 13.6. The standard InChI is InChI=1S/C22H20FN3O2/c23-20-9-2-1-6-17(20)10-12-25-21(27)18-7-3-8-19(13-18)22(28)26-15-16-5-4-11-24-14-16/h1-9,11,13-14H,10,12,15H2,(H,25,27)(H,26,28). The minimum Gasteiger partial charge on any atom is -0.352 e. The summed E-state index contributed by atoms with van der Waals surface area (Å²) in [5.41, 5.74) is 2.21. The summed E-state index contributed by atoms with van der Waals surface area (Å²) in [6, 6.07) is 16.6. The minimum absolute atomic E-state index is 0.273. The van der Waals surface area contributed by atoms with Crippen molar-refractivity contribution >= 4 is 11.8 Å². The third kappa shape index (κ3) is 5.23. The SMILES string of the molecule is O=C(NCCc1ccccc1F)c1cccc(C(=O)NCc2cccnc2)c1. The highest BCUT2D eigenvalue weighted by atomic mass is 19.1. The summed E-state index contributed by atoms with van der Waals surface area (Å²) in [5.74, 6) is -0.868. The normalized spacial score (nSPS) is 10.3. The minimum atomic E-state index is -0.307. The zero-order valence-corrected chi connectivity index (χ0v) is 15.2. The van der Waals surface area contributed by atoms with Gasteiger partial charge in [-0.2, -0.15) is 0 Å². The summed E-state index contributed by atoms with van der Waals surface area (Å²) in [6.07, 6.45) is 3.74. The lowest BCUT2D eigenvalue weighted by Gasteiger charge is -2.08. The third-order valence-electron chi connectivity index (χ3n) is 4.20. The van der Waals surface area contributed by atoms with E-state index in [2.05, 4.69) is 15.6 Å². The highest BCUT2D eigenvalue weighted by molar-refractivity contribution is 5.99. The van der Waals surface area contributed by atoms with Crippen LogP contribution in [-0.4, -0.2) is 23.3 Å². The van der Waals surface area contributed by atoms with Gasteiger partial charge in [-0.1, -0.05) is 30.3 Å². The molecule has 1 heterocycles. The van der Waals surface area contributed by atoms with Gasteiger partial charge in [0.05, 0.1) is 0 Å². The molecule has 5 nitrogen and oxygen atoms in total. The van der Waals surface area contributed by atoms with Crippen LogP contribution in [0.5, 0.6) is 0 Å². The van der Waals surface area contributed by atoms with Crippen LogP contribution in [0.1, 0.15) is 31.8 Å². The van der Waals surface area contributed by atoms with Crippen LogP contribution >= 0.6 is 0 Å². The van der Waals surface area contributed by atoms with Crippen molar-refractivity contribution < 1.29 is 14.0 Å². The topological polar surface area (TPSA) is 71.1 Å². The quantitative estimate of drug-likeness (QED) is 0.665. The molecule has 0 bridgehead atoms. The van der Waals surface area contributed by atoms with Gasteiger partial charge >= 0.3 is 0 Å². The number of nitrogens with one attached hydrogen (secondary N) is 2. The molecule has 0 fully saturated rings. The van der Waals surface area contributed by atoms with E-state index in [1.54, 1.807) is 54.9 Å². The van der Waals surface area contributed by atoms with Gasteiger partial charge in [0.15, 0.2) is 0 Å². The Morgan fingerprint density at radius 3 is 2.36 bits per heavy atom. The third-order valence-corrected chi connectivity index (χ3v) is 4.20. The molecule has 0 aliphatic carbocycles. The zero-order chi connectivity index (χ0) is 19.8. The van der Waals surface area contributed by atoms with Crippen LogP contribution in [-0.2, 0) is 13.0 Å². The average Bonchev–Trinajstić information content (AvgIpc) is 2.74. The molecule has 0 spiro atoms. The number of hydrogen-bond acceptors (Lipinski definition) is 3. The van der Waals surface area contributed by atoms with Crippen molar-refractivity contribution in [3.05, 3.63) is 101 Å². The highest BCUT2D eigenvalue weighted by Gasteiger charge is 2.11. The Hall–Kier alpha value is -3.54. The zero-order valence-electron chi connectivity index (χ0n) is 15.2. The molecule has 28 heavy (non-hydrogen) atoms. The average molecular weight is 377 g/mol. The number of nitrogens with zero attached hydrogens (tertiary/aromatic N) is 1. The van der Waals surface area contributed by atoms with E-state index in [1.165, 1.54) is 12.1 Å².